The first-order valence-electron chi connectivity index (χ1n) is 10.2. The minimum Gasteiger partial charge on any atom is -0.368 e. The normalized spacial score (nSPS) is 12.3. The van der Waals surface area contributed by atoms with Gasteiger partial charge in [0.2, 0.25) is 5.91 Å². The molecule has 0 aliphatic heterocycles. The average molecular weight is 407 g/mol. The molecular formula is C26H21N3O2. The van der Waals surface area contributed by atoms with Gasteiger partial charge in [-0.15, -0.1) is 0 Å². The van der Waals surface area contributed by atoms with Gasteiger partial charge in [0.15, 0.2) is 0 Å². The van der Waals surface area contributed by atoms with E-state index in [0.29, 0.717) is 12.0 Å². The number of rotatable bonds is 5. The monoisotopic (exact) mass is 407 g/mol. The van der Waals surface area contributed by atoms with Crippen LogP contribution < -0.4 is 11.1 Å². The molecule has 0 saturated heterocycles. The summed E-state index contributed by atoms with van der Waals surface area (Å²) in [5.41, 5.74) is 8.15. The SMILES string of the molecule is NC(=O)[C@H](Cc1c[nH]c2ccccc12)NC(=O)c1c2ccccc2cc2ccccc12. The molecule has 1 heterocycles. The minimum absolute atomic E-state index is 0.309. The molecular weight excluding hydrogens is 386 g/mol. The number of primary amides is 1. The summed E-state index contributed by atoms with van der Waals surface area (Å²) in [7, 11) is 0. The van der Waals surface area contributed by atoms with Crippen molar-refractivity contribution in [1.82, 2.24) is 10.3 Å². The molecule has 0 fully saturated rings. The Labute approximate surface area is 178 Å². The van der Waals surface area contributed by atoms with Gasteiger partial charge in [0.25, 0.3) is 5.91 Å². The molecule has 4 N–H and O–H groups in total. The fraction of sp³-hybridized carbons (Fsp3) is 0.0769. The van der Waals surface area contributed by atoms with Gasteiger partial charge in [0.05, 0.1) is 5.56 Å². The van der Waals surface area contributed by atoms with E-state index in [9.17, 15) is 9.59 Å². The quantitative estimate of drug-likeness (QED) is 0.379. The summed E-state index contributed by atoms with van der Waals surface area (Å²) in [6, 6.07) is 24.6. The van der Waals surface area contributed by atoms with Crippen molar-refractivity contribution in [3.63, 3.8) is 0 Å². The highest BCUT2D eigenvalue weighted by molar-refractivity contribution is 6.18. The van der Waals surface area contributed by atoms with Crippen LogP contribution in [0.2, 0.25) is 0 Å². The maximum absolute atomic E-state index is 13.5. The molecule has 0 radical (unpaired) electrons. The number of amides is 2. The Hall–Kier alpha value is -4.12. The molecule has 1 atom stereocenters. The molecule has 5 rings (SSSR count). The maximum Gasteiger partial charge on any atom is 0.253 e. The maximum atomic E-state index is 13.5. The highest BCUT2D eigenvalue weighted by atomic mass is 16.2. The molecule has 5 nitrogen and oxygen atoms in total. The van der Waals surface area contributed by atoms with E-state index in [1.165, 1.54) is 0 Å². The number of benzene rings is 4. The molecule has 0 saturated carbocycles. The molecule has 0 spiro atoms. The van der Waals surface area contributed by atoms with Gasteiger partial charge in [-0.3, -0.25) is 9.59 Å². The fourth-order valence-corrected chi connectivity index (χ4v) is 4.23. The molecule has 31 heavy (non-hydrogen) atoms. The van der Waals surface area contributed by atoms with Crippen molar-refractivity contribution >= 4 is 44.3 Å². The van der Waals surface area contributed by atoms with Crippen LogP contribution >= 0.6 is 0 Å². The number of hydrogen-bond acceptors (Lipinski definition) is 2. The molecule has 1 aromatic heterocycles. The van der Waals surface area contributed by atoms with Gasteiger partial charge in [0.1, 0.15) is 6.04 Å². The lowest BCUT2D eigenvalue weighted by molar-refractivity contribution is -0.119. The summed E-state index contributed by atoms with van der Waals surface area (Å²) in [4.78, 5) is 28.9. The third kappa shape index (κ3) is 3.40. The lowest BCUT2D eigenvalue weighted by atomic mass is 9.95. The van der Waals surface area contributed by atoms with E-state index in [4.69, 9.17) is 5.73 Å². The van der Waals surface area contributed by atoms with Crippen molar-refractivity contribution in [3.8, 4) is 0 Å². The van der Waals surface area contributed by atoms with Crippen LogP contribution in [0.5, 0.6) is 0 Å². The smallest absolute Gasteiger partial charge is 0.253 e. The Bertz CT molecular complexity index is 1400. The van der Waals surface area contributed by atoms with Crippen LogP contribution in [-0.4, -0.2) is 22.8 Å². The lowest BCUT2D eigenvalue weighted by Crippen LogP contribution is -2.45. The van der Waals surface area contributed by atoms with E-state index in [1.807, 2.05) is 79.0 Å². The second-order valence-corrected chi connectivity index (χ2v) is 7.69. The zero-order valence-electron chi connectivity index (χ0n) is 16.8. The summed E-state index contributed by atoms with van der Waals surface area (Å²) in [5.74, 6) is -0.875. The Morgan fingerprint density at radius 2 is 1.42 bits per heavy atom. The first kappa shape index (κ1) is 18.9. The molecule has 152 valence electrons. The lowest BCUT2D eigenvalue weighted by Gasteiger charge is -2.17. The number of H-pyrrole nitrogens is 1. The summed E-state index contributed by atoms with van der Waals surface area (Å²) in [5, 5.41) is 7.53. The van der Waals surface area contributed by atoms with Gasteiger partial charge < -0.3 is 16.0 Å². The van der Waals surface area contributed by atoms with Gasteiger partial charge in [-0.1, -0.05) is 66.7 Å². The van der Waals surface area contributed by atoms with Crippen LogP contribution in [0.1, 0.15) is 15.9 Å². The topological polar surface area (TPSA) is 88.0 Å². The van der Waals surface area contributed by atoms with Crippen LogP contribution in [0, 0.1) is 0 Å². The second kappa shape index (κ2) is 7.61. The fourth-order valence-electron chi connectivity index (χ4n) is 4.23. The first-order valence-corrected chi connectivity index (χ1v) is 10.2. The van der Waals surface area contributed by atoms with Crippen molar-refractivity contribution < 1.29 is 9.59 Å². The molecule has 0 aliphatic carbocycles. The van der Waals surface area contributed by atoms with E-state index in [2.05, 4.69) is 16.4 Å². The number of aromatic amines is 1. The number of fused-ring (bicyclic) bond motifs is 3. The largest absolute Gasteiger partial charge is 0.368 e. The van der Waals surface area contributed by atoms with Crippen LogP contribution in [0.25, 0.3) is 32.4 Å². The minimum atomic E-state index is -0.829. The number of nitrogens with two attached hydrogens (primary N) is 1. The predicted octanol–water partition coefficient (Wildman–Crippen LogP) is 4.30. The summed E-state index contributed by atoms with van der Waals surface area (Å²) >= 11 is 0. The highest BCUT2D eigenvalue weighted by Crippen LogP contribution is 2.28. The van der Waals surface area contributed by atoms with Crippen LogP contribution in [0.3, 0.4) is 0 Å². The Morgan fingerprint density at radius 1 is 0.839 bits per heavy atom. The first-order chi connectivity index (χ1) is 15.1. The van der Waals surface area contributed by atoms with Gasteiger partial charge in [-0.2, -0.15) is 0 Å². The Kier molecular flexibility index (Phi) is 4.64. The van der Waals surface area contributed by atoms with Crippen molar-refractivity contribution in [2.24, 2.45) is 5.73 Å². The number of carbonyl (C=O) groups excluding carboxylic acids is 2. The van der Waals surface area contributed by atoms with Crippen molar-refractivity contribution in [1.29, 1.82) is 0 Å². The van der Waals surface area contributed by atoms with E-state index < -0.39 is 11.9 Å². The molecule has 5 aromatic rings. The van der Waals surface area contributed by atoms with Gasteiger partial charge in [-0.25, -0.2) is 0 Å². The number of aromatic nitrogens is 1. The van der Waals surface area contributed by atoms with E-state index in [-0.39, 0.29) is 5.91 Å². The summed E-state index contributed by atoms with van der Waals surface area (Å²) in [6.45, 7) is 0. The van der Waals surface area contributed by atoms with Crippen LogP contribution in [-0.2, 0) is 11.2 Å². The molecule has 0 unspecified atom stereocenters. The summed E-state index contributed by atoms with van der Waals surface area (Å²) in [6.07, 6.45) is 2.17. The third-order valence-corrected chi connectivity index (χ3v) is 5.75. The summed E-state index contributed by atoms with van der Waals surface area (Å²) < 4.78 is 0. The third-order valence-electron chi connectivity index (χ3n) is 5.75. The molecule has 4 aromatic carbocycles. The Morgan fingerprint density at radius 3 is 2.06 bits per heavy atom. The second-order valence-electron chi connectivity index (χ2n) is 7.69. The predicted molar refractivity (Wildman–Crippen MR) is 124 cm³/mol. The van der Waals surface area contributed by atoms with E-state index >= 15 is 0 Å². The Balaban J connectivity index is 1.54. The highest BCUT2D eigenvalue weighted by Gasteiger charge is 2.23. The van der Waals surface area contributed by atoms with Crippen molar-refractivity contribution in [2.45, 2.75) is 12.5 Å². The molecule has 5 heteroatoms. The zero-order chi connectivity index (χ0) is 21.4. The van der Waals surface area contributed by atoms with Crippen LogP contribution in [0.15, 0.2) is 85.1 Å². The molecule has 0 aliphatic rings. The van der Waals surface area contributed by atoms with Gasteiger partial charge in [-0.05, 0) is 39.2 Å². The standard InChI is InChI=1S/C26H21N3O2/c27-25(30)23(14-18-15-28-22-12-6-5-9-19(18)22)29-26(31)24-20-10-3-1-7-16(20)13-17-8-2-4-11-21(17)24/h1-13,15,23,28H,14H2,(H2,27,30)(H,29,31)/t23-/m0/s1. The van der Waals surface area contributed by atoms with Crippen molar-refractivity contribution in [2.75, 3.05) is 0 Å². The number of para-hydroxylation sites is 1. The van der Waals surface area contributed by atoms with E-state index in [1.54, 1.807) is 0 Å². The molecule has 2 amide bonds. The van der Waals surface area contributed by atoms with Gasteiger partial charge >= 0.3 is 0 Å². The number of carbonyl (C=O) groups is 2. The number of nitrogens with one attached hydrogen (secondary N) is 2. The van der Waals surface area contributed by atoms with Crippen LogP contribution in [0.4, 0.5) is 0 Å². The van der Waals surface area contributed by atoms with Gasteiger partial charge in [0, 0.05) is 23.5 Å². The number of hydrogen-bond donors (Lipinski definition) is 3. The van der Waals surface area contributed by atoms with Crippen molar-refractivity contribution in [3.05, 3.63) is 96.2 Å². The van der Waals surface area contributed by atoms with E-state index in [0.717, 1.165) is 38.0 Å². The molecule has 0 bridgehead atoms. The zero-order valence-corrected chi connectivity index (χ0v) is 16.8. The average Bonchev–Trinajstić information content (AvgIpc) is 3.19.